The first-order valence-electron chi connectivity index (χ1n) is 9.36. The van der Waals surface area contributed by atoms with Crippen LogP contribution in [0.5, 0.6) is 0 Å². The number of allylic oxidation sites excluding steroid dienone is 1. The van der Waals surface area contributed by atoms with Crippen molar-refractivity contribution >= 4 is 10.8 Å². The third kappa shape index (κ3) is 3.51. The standard InChI is InChI=1S/C24H21F3/c1-2-15-3-5-16(6-4-15)17-7-8-19-12-20(10-9-18(19)11-17)21-13-22(25)24(27)23(26)14-21/h2,7-16H,1,3-6H2. The molecular weight excluding hydrogens is 345 g/mol. The topological polar surface area (TPSA) is 0 Å². The Balaban J connectivity index is 1.64. The lowest BCUT2D eigenvalue weighted by atomic mass is 9.78. The fourth-order valence-corrected chi connectivity index (χ4v) is 4.11. The van der Waals surface area contributed by atoms with Crippen molar-refractivity contribution in [3.63, 3.8) is 0 Å². The Kier molecular flexibility index (Phi) is 4.77. The third-order valence-electron chi connectivity index (χ3n) is 5.76. The minimum Gasteiger partial charge on any atom is -0.204 e. The van der Waals surface area contributed by atoms with Crippen molar-refractivity contribution in [2.24, 2.45) is 5.92 Å². The molecule has 0 spiro atoms. The number of hydrogen-bond donors (Lipinski definition) is 0. The predicted molar refractivity (Wildman–Crippen MR) is 104 cm³/mol. The van der Waals surface area contributed by atoms with Crippen LogP contribution in [0.1, 0.15) is 37.2 Å². The molecule has 4 rings (SSSR count). The quantitative estimate of drug-likeness (QED) is 0.335. The average molecular weight is 366 g/mol. The smallest absolute Gasteiger partial charge is 0.194 e. The highest BCUT2D eigenvalue weighted by Gasteiger charge is 2.20. The van der Waals surface area contributed by atoms with Crippen LogP contribution in [0.3, 0.4) is 0 Å². The van der Waals surface area contributed by atoms with Gasteiger partial charge in [-0.05, 0) is 83.2 Å². The van der Waals surface area contributed by atoms with Gasteiger partial charge in [0.1, 0.15) is 0 Å². The molecule has 27 heavy (non-hydrogen) atoms. The molecule has 1 fully saturated rings. The summed E-state index contributed by atoms with van der Waals surface area (Å²) in [5.41, 5.74) is 2.34. The average Bonchev–Trinajstić information content (AvgIpc) is 2.71. The molecule has 1 aliphatic rings. The van der Waals surface area contributed by atoms with Gasteiger partial charge in [0.05, 0.1) is 0 Å². The fourth-order valence-electron chi connectivity index (χ4n) is 4.11. The largest absolute Gasteiger partial charge is 0.204 e. The third-order valence-corrected chi connectivity index (χ3v) is 5.76. The minimum absolute atomic E-state index is 0.333. The van der Waals surface area contributed by atoms with Gasteiger partial charge in [-0.15, -0.1) is 6.58 Å². The molecule has 0 atom stereocenters. The van der Waals surface area contributed by atoms with Crippen molar-refractivity contribution in [1.29, 1.82) is 0 Å². The van der Waals surface area contributed by atoms with Crippen LogP contribution in [-0.4, -0.2) is 0 Å². The lowest BCUT2D eigenvalue weighted by Crippen LogP contribution is -2.11. The van der Waals surface area contributed by atoms with Gasteiger partial charge >= 0.3 is 0 Å². The fraction of sp³-hybridized carbons (Fsp3) is 0.250. The second kappa shape index (κ2) is 7.22. The lowest BCUT2D eigenvalue weighted by molar-refractivity contribution is 0.376. The minimum atomic E-state index is -1.43. The van der Waals surface area contributed by atoms with Gasteiger partial charge in [-0.3, -0.25) is 0 Å². The number of halogens is 3. The molecule has 0 heterocycles. The maximum Gasteiger partial charge on any atom is 0.194 e. The first-order valence-corrected chi connectivity index (χ1v) is 9.36. The van der Waals surface area contributed by atoms with E-state index in [1.165, 1.54) is 31.2 Å². The van der Waals surface area contributed by atoms with E-state index in [1.54, 1.807) is 0 Å². The zero-order valence-electron chi connectivity index (χ0n) is 15.0. The molecule has 0 saturated heterocycles. The zero-order valence-corrected chi connectivity index (χ0v) is 15.0. The van der Waals surface area contributed by atoms with Crippen LogP contribution in [0.2, 0.25) is 0 Å². The highest BCUT2D eigenvalue weighted by Crippen LogP contribution is 2.37. The monoisotopic (exact) mass is 366 g/mol. The Morgan fingerprint density at radius 1 is 0.741 bits per heavy atom. The van der Waals surface area contributed by atoms with E-state index in [0.717, 1.165) is 22.9 Å². The van der Waals surface area contributed by atoms with Gasteiger partial charge in [0, 0.05) is 0 Å². The molecule has 0 N–H and O–H groups in total. The van der Waals surface area contributed by atoms with Crippen LogP contribution in [0.25, 0.3) is 21.9 Å². The van der Waals surface area contributed by atoms with Crippen molar-refractivity contribution in [3.8, 4) is 11.1 Å². The van der Waals surface area contributed by atoms with Gasteiger partial charge < -0.3 is 0 Å². The SMILES string of the molecule is C=CC1CCC(c2ccc3cc(-c4cc(F)c(F)c(F)c4)ccc3c2)CC1. The van der Waals surface area contributed by atoms with E-state index in [0.29, 0.717) is 23.0 Å². The molecule has 0 radical (unpaired) electrons. The summed E-state index contributed by atoms with van der Waals surface area (Å²) in [5, 5.41) is 2.10. The molecule has 3 aromatic rings. The van der Waals surface area contributed by atoms with Crippen molar-refractivity contribution in [1.82, 2.24) is 0 Å². The predicted octanol–water partition coefficient (Wildman–Crippen LogP) is 7.38. The Morgan fingerprint density at radius 3 is 2.04 bits per heavy atom. The van der Waals surface area contributed by atoms with Gasteiger partial charge in [0.25, 0.3) is 0 Å². The highest BCUT2D eigenvalue weighted by molar-refractivity contribution is 5.88. The molecule has 1 aliphatic carbocycles. The molecule has 0 unspecified atom stereocenters. The Morgan fingerprint density at radius 2 is 1.37 bits per heavy atom. The van der Waals surface area contributed by atoms with E-state index in [9.17, 15) is 13.2 Å². The molecule has 138 valence electrons. The Labute approximate surface area is 157 Å². The summed E-state index contributed by atoms with van der Waals surface area (Å²) >= 11 is 0. The zero-order chi connectivity index (χ0) is 19.0. The molecule has 1 saturated carbocycles. The summed E-state index contributed by atoms with van der Waals surface area (Å²) < 4.78 is 40.3. The summed E-state index contributed by atoms with van der Waals surface area (Å²) in [5.74, 6) is -2.56. The van der Waals surface area contributed by atoms with E-state index in [2.05, 4.69) is 30.9 Å². The van der Waals surface area contributed by atoms with Crippen LogP contribution in [0.15, 0.2) is 61.2 Å². The molecule has 0 aromatic heterocycles. The summed E-state index contributed by atoms with van der Waals surface area (Å²) in [6, 6.07) is 14.2. The lowest BCUT2D eigenvalue weighted by Gasteiger charge is -2.27. The maximum atomic E-state index is 13.5. The van der Waals surface area contributed by atoms with E-state index >= 15 is 0 Å². The van der Waals surface area contributed by atoms with Gasteiger partial charge in [0.2, 0.25) is 0 Å². The molecular formula is C24H21F3. The molecule has 3 heteroatoms. The first kappa shape index (κ1) is 17.8. The van der Waals surface area contributed by atoms with Gasteiger partial charge in [-0.25, -0.2) is 13.2 Å². The first-order chi connectivity index (χ1) is 13.0. The van der Waals surface area contributed by atoms with Crippen molar-refractivity contribution in [3.05, 3.63) is 84.2 Å². The summed E-state index contributed by atoms with van der Waals surface area (Å²) in [4.78, 5) is 0. The second-order valence-electron chi connectivity index (χ2n) is 7.42. The van der Waals surface area contributed by atoms with Crippen molar-refractivity contribution in [2.75, 3.05) is 0 Å². The van der Waals surface area contributed by atoms with Gasteiger partial charge in [-0.1, -0.05) is 36.4 Å². The van der Waals surface area contributed by atoms with Crippen LogP contribution in [0, 0.1) is 23.4 Å². The van der Waals surface area contributed by atoms with Gasteiger partial charge in [-0.2, -0.15) is 0 Å². The van der Waals surface area contributed by atoms with Crippen molar-refractivity contribution < 1.29 is 13.2 Å². The number of rotatable bonds is 3. The molecule has 0 nitrogen and oxygen atoms in total. The maximum absolute atomic E-state index is 13.5. The van der Waals surface area contributed by atoms with Gasteiger partial charge in [0.15, 0.2) is 17.5 Å². The number of benzene rings is 3. The molecule has 0 bridgehead atoms. The Bertz CT molecular complexity index is 975. The number of hydrogen-bond acceptors (Lipinski definition) is 0. The molecule has 3 aromatic carbocycles. The molecule has 0 amide bonds. The second-order valence-corrected chi connectivity index (χ2v) is 7.42. The molecule has 0 aliphatic heterocycles. The van der Waals surface area contributed by atoms with E-state index in [-0.39, 0.29) is 0 Å². The summed E-state index contributed by atoms with van der Waals surface area (Å²) in [6.07, 6.45) is 6.79. The van der Waals surface area contributed by atoms with E-state index in [4.69, 9.17) is 0 Å². The van der Waals surface area contributed by atoms with Crippen LogP contribution in [0.4, 0.5) is 13.2 Å². The van der Waals surface area contributed by atoms with Crippen molar-refractivity contribution in [2.45, 2.75) is 31.6 Å². The summed E-state index contributed by atoms with van der Waals surface area (Å²) in [6.45, 7) is 3.90. The number of fused-ring (bicyclic) bond motifs is 1. The summed E-state index contributed by atoms with van der Waals surface area (Å²) in [7, 11) is 0. The highest BCUT2D eigenvalue weighted by atomic mass is 19.2. The Hall–Kier alpha value is -2.55. The van der Waals surface area contributed by atoms with Crippen LogP contribution < -0.4 is 0 Å². The normalized spacial score (nSPS) is 20.0. The van der Waals surface area contributed by atoms with Crippen LogP contribution in [-0.2, 0) is 0 Å². The van der Waals surface area contributed by atoms with E-state index in [1.807, 2.05) is 18.2 Å². The van der Waals surface area contributed by atoms with E-state index < -0.39 is 17.5 Å². The van der Waals surface area contributed by atoms with Crippen LogP contribution >= 0.6 is 0 Å².